The molecule has 5 heterocycles. The van der Waals surface area contributed by atoms with Crippen molar-refractivity contribution in [3.8, 4) is 108 Å². The first kappa shape index (κ1) is 77.4. The third kappa shape index (κ3) is 19.8. The first-order chi connectivity index (χ1) is 54.3. The average molecular weight is 1500 g/mol. The van der Waals surface area contributed by atoms with E-state index < -0.39 is 35.8 Å². The first-order valence-corrected chi connectivity index (χ1v) is 34.0. The third-order valence-electron chi connectivity index (χ3n) is 16.8. The Hall–Kier alpha value is -15.7. The number of benzene rings is 10. The quantitative estimate of drug-likeness (QED) is 0.0443. The standard InChI is InChI=1S/C18H14N2O4.4C17H14N2O3/c1-24-18(23)14-6-3-7-15(11-14)20-9-8-16(19-20)12-4-2-5-13(10-12)17(21)22;2*1-22-15-7-3-6-14(11-15)19-9-8-16(18-19)12-4-2-5-13(10-12)17(20)21;2*1-22-15-7-5-14(6-8-15)19-10-9-16(18-19)12-3-2-4-13(11-12)17(20)21/h2-11H,1H3,(H,21,22);4*2-11H,1H3,(H,20,21). The van der Waals surface area contributed by atoms with Crippen LogP contribution in [0.3, 0.4) is 0 Å². The average Bonchev–Trinajstić information content (AvgIpc) is 1.70. The van der Waals surface area contributed by atoms with Crippen LogP contribution in [0.4, 0.5) is 0 Å². The van der Waals surface area contributed by atoms with Crippen LogP contribution in [0.1, 0.15) is 62.1 Å². The smallest absolute Gasteiger partial charge is 0.337 e. The minimum atomic E-state index is -0.984. The molecule has 0 saturated heterocycles. The molecule has 15 rings (SSSR count). The van der Waals surface area contributed by atoms with E-state index in [9.17, 15) is 28.8 Å². The minimum Gasteiger partial charge on any atom is -0.497 e. The summed E-state index contributed by atoms with van der Waals surface area (Å²) < 4.78 is 33.9. The zero-order valence-electron chi connectivity index (χ0n) is 60.6. The van der Waals surface area contributed by atoms with E-state index in [0.717, 1.165) is 79.4 Å². The molecule has 112 heavy (non-hydrogen) atoms. The van der Waals surface area contributed by atoms with Gasteiger partial charge < -0.3 is 49.2 Å². The summed E-state index contributed by atoms with van der Waals surface area (Å²) in [5, 5.41) is 67.7. The lowest BCUT2D eigenvalue weighted by atomic mass is 10.1. The van der Waals surface area contributed by atoms with Gasteiger partial charge in [0.05, 0.1) is 126 Å². The molecule has 5 aromatic heterocycles. The Labute approximate surface area is 640 Å². The van der Waals surface area contributed by atoms with Crippen molar-refractivity contribution in [3.05, 3.63) is 337 Å². The van der Waals surface area contributed by atoms with Crippen LogP contribution in [-0.2, 0) is 4.74 Å². The summed E-state index contributed by atoms with van der Waals surface area (Å²) >= 11 is 0. The van der Waals surface area contributed by atoms with Gasteiger partial charge in [-0.3, -0.25) is 0 Å². The molecule has 560 valence electrons. The number of rotatable bonds is 20. The van der Waals surface area contributed by atoms with Crippen molar-refractivity contribution in [3.63, 3.8) is 0 Å². The molecule has 0 aliphatic carbocycles. The van der Waals surface area contributed by atoms with E-state index >= 15 is 0 Å². The highest BCUT2D eigenvalue weighted by molar-refractivity contribution is 5.92. The van der Waals surface area contributed by atoms with Crippen LogP contribution in [0.25, 0.3) is 84.7 Å². The number of aromatic carboxylic acids is 5. The molecule has 10 aromatic carbocycles. The lowest BCUT2D eigenvalue weighted by Crippen LogP contribution is -2.03. The van der Waals surface area contributed by atoms with Gasteiger partial charge in [-0.05, 0) is 182 Å². The number of carboxylic acid groups (broad SMARTS) is 5. The maximum absolute atomic E-state index is 11.6. The molecule has 26 nitrogen and oxygen atoms in total. The van der Waals surface area contributed by atoms with Gasteiger partial charge in [0.15, 0.2) is 0 Å². The van der Waals surface area contributed by atoms with E-state index in [1.165, 1.54) is 13.2 Å². The number of methoxy groups -OCH3 is 5. The fourth-order valence-electron chi connectivity index (χ4n) is 11.0. The monoisotopic (exact) mass is 1500 g/mol. The zero-order chi connectivity index (χ0) is 79.2. The summed E-state index contributed by atoms with van der Waals surface area (Å²) in [5.74, 6) is -2.13. The van der Waals surface area contributed by atoms with E-state index in [1.54, 1.807) is 173 Å². The fourth-order valence-corrected chi connectivity index (χ4v) is 11.0. The highest BCUT2D eigenvalue weighted by Gasteiger charge is 2.16. The van der Waals surface area contributed by atoms with Crippen LogP contribution >= 0.6 is 0 Å². The number of carbonyl (C=O) groups excluding carboxylic acids is 1. The number of hydrogen-bond acceptors (Lipinski definition) is 16. The van der Waals surface area contributed by atoms with E-state index in [2.05, 4.69) is 25.5 Å². The number of ether oxygens (including phenoxy) is 5. The van der Waals surface area contributed by atoms with Gasteiger partial charge >= 0.3 is 35.8 Å². The highest BCUT2D eigenvalue weighted by atomic mass is 16.5. The van der Waals surface area contributed by atoms with Crippen molar-refractivity contribution >= 4 is 35.8 Å². The van der Waals surface area contributed by atoms with Gasteiger partial charge in [0.2, 0.25) is 0 Å². The van der Waals surface area contributed by atoms with Crippen molar-refractivity contribution in [2.75, 3.05) is 35.5 Å². The number of hydrogen-bond donors (Lipinski definition) is 5. The van der Waals surface area contributed by atoms with Gasteiger partial charge in [0, 0.05) is 70.9 Å². The van der Waals surface area contributed by atoms with Crippen LogP contribution < -0.4 is 18.9 Å². The van der Waals surface area contributed by atoms with Crippen LogP contribution in [0.2, 0.25) is 0 Å². The van der Waals surface area contributed by atoms with Gasteiger partial charge in [-0.2, -0.15) is 25.5 Å². The number of carboxylic acids is 5. The van der Waals surface area contributed by atoms with Crippen molar-refractivity contribution in [2.24, 2.45) is 0 Å². The molecule has 0 radical (unpaired) electrons. The molecule has 0 atom stereocenters. The molecule has 26 heteroatoms. The van der Waals surface area contributed by atoms with Crippen LogP contribution in [0.15, 0.2) is 304 Å². The second-order valence-corrected chi connectivity index (χ2v) is 24.0. The molecule has 0 unspecified atom stereocenters. The molecule has 0 spiro atoms. The number of esters is 1. The van der Waals surface area contributed by atoms with Gasteiger partial charge in [0.1, 0.15) is 23.0 Å². The fraction of sp³-hybridized carbons (Fsp3) is 0.0581. The largest absolute Gasteiger partial charge is 0.497 e. The minimum absolute atomic E-state index is 0.203. The molecule has 0 aliphatic heterocycles. The maximum Gasteiger partial charge on any atom is 0.337 e. The third-order valence-corrected chi connectivity index (χ3v) is 16.8. The maximum atomic E-state index is 11.6. The summed E-state index contributed by atoms with van der Waals surface area (Å²) in [6, 6.07) is 79.7. The topological polar surface area (TPSA) is 339 Å². The van der Waals surface area contributed by atoms with E-state index in [-0.39, 0.29) is 27.8 Å². The summed E-state index contributed by atoms with van der Waals surface area (Å²) in [4.78, 5) is 66.8. The Morgan fingerprint density at radius 2 is 0.473 bits per heavy atom. The van der Waals surface area contributed by atoms with Crippen LogP contribution in [0, 0.1) is 0 Å². The van der Waals surface area contributed by atoms with E-state index in [0.29, 0.717) is 33.9 Å². The SMILES string of the molecule is COC(=O)c1cccc(-n2ccc(-c3cccc(C(=O)O)c3)n2)c1.COc1ccc(-n2ccc(-c3cccc(C(=O)O)c3)n2)cc1.COc1ccc(-n2ccc(-c3cccc(C(=O)O)c3)n2)cc1.COc1cccc(-n2ccc(-c3cccc(C(=O)O)c3)n2)c1.COc1cccc(-n2ccc(-c3cccc(C(=O)O)c3)n2)c1. The van der Waals surface area contributed by atoms with E-state index in [4.69, 9.17) is 49.2 Å². The Balaban J connectivity index is 0.000000138. The van der Waals surface area contributed by atoms with Crippen molar-refractivity contribution in [1.82, 2.24) is 48.9 Å². The molecular formula is C86H70N10O16. The number of aromatic nitrogens is 10. The molecule has 0 amide bonds. The number of nitrogens with zero attached hydrogens (tertiary/aromatic N) is 10. The predicted octanol–water partition coefficient (Wildman–Crippen LogP) is 16.0. The van der Waals surface area contributed by atoms with E-state index in [1.807, 2.05) is 176 Å². The summed E-state index contributed by atoms with van der Waals surface area (Å²) in [6.45, 7) is 0. The van der Waals surface area contributed by atoms with Gasteiger partial charge in [-0.25, -0.2) is 52.2 Å². The van der Waals surface area contributed by atoms with Crippen LogP contribution in [-0.4, -0.2) is 146 Å². The Kier molecular flexibility index (Phi) is 25.2. The van der Waals surface area contributed by atoms with Gasteiger partial charge in [0.25, 0.3) is 0 Å². The number of carbonyl (C=O) groups is 6. The second kappa shape index (κ2) is 36.5. The van der Waals surface area contributed by atoms with Crippen LogP contribution in [0.5, 0.6) is 23.0 Å². The second-order valence-electron chi connectivity index (χ2n) is 24.0. The highest BCUT2D eigenvalue weighted by Crippen LogP contribution is 2.28. The summed E-state index contributed by atoms with van der Waals surface area (Å²) in [7, 11) is 7.81. The normalized spacial score (nSPS) is 10.4. The Morgan fingerprint density at radius 1 is 0.241 bits per heavy atom. The predicted molar refractivity (Wildman–Crippen MR) is 417 cm³/mol. The molecule has 0 aliphatic rings. The van der Waals surface area contributed by atoms with Gasteiger partial charge in [-0.1, -0.05) is 78.9 Å². The summed E-state index contributed by atoms with van der Waals surface area (Å²) in [6.07, 6.45) is 9.09. The van der Waals surface area contributed by atoms with Crippen molar-refractivity contribution < 1.29 is 78.0 Å². The first-order valence-electron chi connectivity index (χ1n) is 34.0. The lowest BCUT2D eigenvalue weighted by Gasteiger charge is -2.04. The van der Waals surface area contributed by atoms with Crippen molar-refractivity contribution in [2.45, 2.75) is 0 Å². The Morgan fingerprint density at radius 3 is 0.723 bits per heavy atom. The van der Waals surface area contributed by atoms with Crippen molar-refractivity contribution in [1.29, 1.82) is 0 Å². The molecule has 0 bridgehead atoms. The molecule has 0 fully saturated rings. The summed E-state index contributed by atoms with van der Waals surface area (Å²) in [5.41, 5.74) is 13.2. The van der Waals surface area contributed by atoms with Gasteiger partial charge in [-0.15, -0.1) is 0 Å². The Bertz CT molecular complexity index is 5540. The molecule has 5 N–H and O–H groups in total. The zero-order valence-corrected chi connectivity index (χ0v) is 60.6. The molecule has 15 aromatic rings. The molecular weight excluding hydrogens is 1430 g/mol. The molecule has 0 saturated carbocycles. The lowest BCUT2D eigenvalue weighted by molar-refractivity contribution is 0.0597.